The van der Waals surface area contributed by atoms with Gasteiger partial charge in [-0.05, 0) is 59.3 Å². The number of nitrogens with zero attached hydrogens (tertiary/aromatic N) is 2. The number of anilines is 2. The zero-order valence-electron chi connectivity index (χ0n) is 18.6. The molecule has 1 fully saturated rings. The maximum absolute atomic E-state index is 12.9. The Morgan fingerprint density at radius 3 is 2.35 bits per heavy atom. The number of carbonyl (C=O) groups is 2. The van der Waals surface area contributed by atoms with Crippen LogP contribution in [0.4, 0.5) is 11.5 Å². The first kappa shape index (κ1) is 24.0. The lowest BCUT2D eigenvalue weighted by molar-refractivity contribution is 0.102. The topological polar surface area (TPSA) is 98.2 Å². The van der Waals surface area contributed by atoms with Gasteiger partial charge >= 0.3 is 0 Å². The molecule has 1 aromatic heterocycles. The van der Waals surface area contributed by atoms with E-state index in [1.165, 1.54) is 0 Å². The first-order valence-electron chi connectivity index (χ1n) is 10.8. The molecule has 1 aliphatic rings. The Balaban J connectivity index is 1.47. The molecular formula is C25H24BrN5O2S. The van der Waals surface area contributed by atoms with Crippen molar-refractivity contribution in [3.8, 4) is 0 Å². The van der Waals surface area contributed by atoms with Gasteiger partial charge in [0.1, 0.15) is 11.7 Å². The first-order chi connectivity index (χ1) is 16.4. The summed E-state index contributed by atoms with van der Waals surface area (Å²) in [6.45, 7) is 3.61. The minimum atomic E-state index is -0.364. The van der Waals surface area contributed by atoms with Crippen LogP contribution in [0.3, 0.4) is 0 Å². The van der Waals surface area contributed by atoms with Crippen molar-refractivity contribution in [3.63, 3.8) is 0 Å². The number of halogens is 1. The van der Waals surface area contributed by atoms with Crippen molar-refractivity contribution in [2.24, 2.45) is 0 Å². The van der Waals surface area contributed by atoms with Crippen molar-refractivity contribution >= 4 is 56.8 Å². The Labute approximate surface area is 211 Å². The van der Waals surface area contributed by atoms with Gasteiger partial charge in [0.05, 0.1) is 11.3 Å². The number of rotatable bonds is 5. The van der Waals surface area contributed by atoms with Gasteiger partial charge in [0, 0.05) is 46.4 Å². The van der Waals surface area contributed by atoms with Crippen LogP contribution in [0.25, 0.3) is 0 Å². The number of nitrogens with one attached hydrogen (secondary N) is 3. The van der Waals surface area contributed by atoms with Gasteiger partial charge in [0.2, 0.25) is 0 Å². The van der Waals surface area contributed by atoms with E-state index in [2.05, 4.69) is 36.4 Å². The molecule has 0 atom stereocenters. The Kier molecular flexibility index (Phi) is 7.64. The molecule has 3 aromatic rings. The van der Waals surface area contributed by atoms with Gasteiger partial charge in [0.15, 0.2) is 0 Å². The molecule has 3 N–H and O–H groups in total. The molecule has 7 nitrogen and oxygen atoms in total. The van der Waals surface area contributed by atoms with Crippen LogP contribution in [-0.2, 0) is 0 Å². The zero-order chi connectivity index (χ0) is 24.1. The van der Waals surface area contributed by atoms with Gasteiger partial charge in [-0.25, -0.2) is 4.98 Å². The molecule has 0 unspecified atom stereocenters. The highest BCUT2D eigenvalue weighted by Gasteiger charge is 2.18. The average molecular weight is 538 g/mol. The molecule has 2 heterocycles. The third kappa shape index (κ3) is 5.84. The number of hydrogen-bond acceptors (Lipinski definition) is 5. The highest BCUT2D eigenvalue weighted by molar-refractivity contribution is 9.10. The number of aryl methyl sites for hydroxylation is 1. The smallest absolute Gasteiger partial charge is 0.258 e. The van der Waals surface area contributed by atoms with Gasteiger partial charge in [-0.3, -0.25) is 15.0 Å². The molecule has 0 saturated carbocycles. The van der Waals surface area contributed by atoms with Gasteiger partial charge in [-0.2, -0.15) is 11.8 Å². The highest BCUT2D eigenvalue weighted by Crippen LogP contribution is 2.21. The minimum Gasteiger partial charge on any atom is -0.355 e. The molecule has 1 aliphatic heterocycles. The summed E-state index contributed by atoms with van der Waals surface area (Å²) in [5.74, 6) is 2.24. The van der Waals surface area contributed by atoms with Crippen LogP contribution in [0, 0.1) is 12.3 Å². The maximum atomic E-state index is 12.9. The SMILES string of the molecule is Cc1ccc(NC(=O)c2ccc(C(=N)N3CCSCC3)cc2)c(C(=O)Nc2ccc(Br)cn2)c1. The van der Waals surface area contributed by atoms with Crippen LogP contribution in [0.2, 0.25) is 0 Å². The van der Waals surface area contributed by atoms with Crippen LogP contribution in [-0.4, -0.2) is 52.1 Å². The number of benzene rings is 2. The van der Waals surface area contributed by atoms with Crippen molar-refractivity contribution in [3.05, 3.63) is 87.5 Å². The molecule has 1 saturated heterocycles. The summed E-state index contributed by atoms with van der Waals surface area (Å²) in [5.41, 5.74) is 2.88. The minimum absolute atomic E-state index is 0.327. The quantitative estimate of drug-likeness (QED) is 0.313. The third-order valence-corrected chi connectivity index (χ3v) is 6.80. The third-order valence-electron chi connectivity index (χ3n) is 5.38. The number of hydrogen-bond donors (Lipinski definition) is 3. The van der Waals surface area contributed by atoms with E-state index in [4.69, 9.17) is 5.41 Å². The van der Waals surface area contributed by atoms with E-state index in [1.54, 1.807) is 54.7 Å². The predicted octanol–water partition coefficient (Wildman–Crippen LogP) is 5.03. The van der Waals surface area contributed by atoms with Gasteiger partial charge in [0.25, 0.3) is 11.8 Å². The van der Waals surface area contributed by atoms with Crippen LogP contribution >= 0.6 is 27.7 Å². The van der Waals surface area contributed by atoms with E-state index >= 15 is 0 Å². The summed E-state index contributed by atoms with van der Waals surface area (Å²) in [6.07, 6.45) is 1.60. The van der Waals surface area contributed by atoms with Crippen LogP contribution in [0.1, 0.15) is 31.8 Å². The second kappa shape index (κ2) is 10.8. The molecule has 174 valence electrons. The fourth-order valence-electron chi connectivity index (χ4n) is 3.53. The monoisotopic (exact) mass is 537 g/mol. The molecule has 2 aromatic carbocycles. The Bertz CT molecular complexity index is 1210. The normalized spacial score (nSPS) is 13.3. The van der Waals surface area contributed by atoms with Crippen molar-refractivity contribution in [1.82, 2.24) is 9.88 Å². The molecule has 0 bridgehead atoms. The number of amidine groups is 1. The summed E-state index contributed by atoms with van der Waals surface area (Å²) in [6, 6.07) is 15.8. The number of aromatic nitrogens is 1. The standard InChI is InChI=1S/C25H24BrN5O2S/c1-16-2-8-21(20(14-16)25(33)30-22-9-7-19(26)15-28-22)29-24(32)18-5-3-17(4-6-18)23(27)31-10-12-34-13-11-31/h2-9,14-15,27H,10-13H2,1H3,(H,29,32)(H,28,30,33). The van der Waals surface area contributed by atoms with E-state index in [0.29, 0.717) is 28.5 Å². The van der Waals surface area contributed by atoms with Crippen LogP contribution in [0.5, 0.6) is 0 Å². The summed E-state index contributed by atoms with van der Waals surface area (Å²) < 4.78 is 0.810. The van der Waals surface area contributed by atoms with Crippen LogP contribution < -0.4 is 10.6 Å². The maximum Gasteiger partial charge on any atom is 0.258 e. The Morgan fingerprint density at radius 1 is 0.971 bits per heavy atom. The van der Waals surface area contributed by atoms with Crippen LogP contribution in [0.15, 0.2) is 65.3 Å². The lowest BCUT2D eigenvalue weighted by Crippen LogP contribution is -2.37. The van der Waals surface area contributed by atoms with Crippen molar-refractivity contribution in [2.45, 2.75) is 6.92 Å². The number of thioether (sulfide) groups is 1. The summed E-state index contributed by atoms with van der Waals surface area (Å²) in [5, 5.41) is 14.1. The Hall–Kier alpha value is -3.17. The van der Waals surface area contributed by atoms with Crippen molar-refractivity contribution < 1.29 is 9.59 Å². The van der Waals surface area contributed by atoms with E-state index in [1.807, 2.05) is 24.8 Å². The molecule has 2 amide bonds. The lowest BCUT2D eigenvalue weighted by Gasteiger charge is -2.28. The molecule has 0 radical (unpaired) electrons. The van der Waals surface area contributed by atoms with E-state index in [-0.39, 0.29) is 11.8 Å². The number of carbonyl (C=O) groups excluding carboxylic acids is 2. The van der Waals surface area contributed by atoms with Crippen molar-refractivity contribution in [1.29, 1.82) is 5.41 Å². The first-order valence-corrected chi connectivity index (χ1v) is 12.7. The molecule has 4 rings (SSSR count). The second-order valence-electron chi connectivity index (χ2n) is 7.84. The molecule has 0 aliphatic carbocycles. The van der Waals surface area contributed by atoms with Gasteiger partial charge < -0.3 is 15.5 Å². The predicted molar refractivity (Wildman–Crippen MR) is 141 cm³/mol. The Morgan fingerprint density at radius 2 is 1.68 bits per heavy atom. The van der Waals surface area contributed by atoms with Gasteiger partial charge in [-0.15, -0.1) is 0 Å². The number of amides is 2. The van der Waals surface area contributed by atoms with E-state index in [0.717, 1.165) is 40.2 Å². The largest absolute Gasteiger partial charge is 0.355 e. The fraction of sp³-hybridized carbons (Fsp3) is 0.200. The zero-order valence-corrected chi connectivity index (χ0v) is 21.0. The average Bonchev–Trinajstić information content (AvgIpc) is 2.86. The van der Waals surface area contributed by atoms with E-state index in [9.17, 15) is 9.59 Å². The van der Waals surface area contributed by atoms with E-state index < -0.39 is 0 Å². The molecule has 9 heteroatoms. The summed E-state index contributed by atoms with van der Waals surface area (Å²) in [7, 11) is 0. The second-order valence-corrected chi connectivity index (χ2v) is 9.98. The van der Waals surface area contributed by atoms with Crippen molar-refractivity contribution in [2.75, 3.05) is 35.2 Å². The fourth-order valence-corrected chi connectivity index (χ4v) is 4.67. The highest BCUT2D eigenvalue weighted by atomic mass is 79.9. The van der Waals surface area contributed by atoms with Gasteiger partial charge in [-0.1, -0.05) is 23.8 Å². The lowest BCUT2D eigenvalue weighted by atomic mass is 10.1. The molecule has 0 spiro atoms. The number of pyridine rings is 1. The summed E-state index contributed by atoms with van der Waals surface area (Å²) in [4.78, 5) is 32.1. The summed E-state index contributed by atoms with van der Waals surface area (Å²) >= 11 is 5.22. The molecular weight excluding hydrogens is 514 g/mol. The molecule has 34 heavy (non-hydrogen) atoms.